The number of hydrogen-bond donors (Lipinski definition) is 1. The number of hydrogen-bond acceptors (Lipinski definition) is 3. The van der Waals surface area contributed by atoms with Crippen LogP contribution in [0.5, 0.6) is 0 Å². The van der Waals surface area contributed by atoms with Crippen molar-refractivity contribution >= 4 is 23.2 Å². The maximum Gasteiger partial charge on any atom is 0.241 e. The minimum atomic E-state index is 0.160. The minimum absolute atomic E-state index is 0.160. The second kappa shape index (κ2) is 8.72. The molecule has 1 amide bonds. The van der Waals surface area contributed by atoms with Gasteiger partial charge in [-0.3, -0.25) is 4.79 Å². The Bertz CT molecular complexity index is 542. The maximum atomic E-state index is 12.4. The summed E-state index contributed by atoms with van der Waals surface area (Å²) < 4.78 is 0. The van der Waals surface area contributed by atoms with Crippen LogP contribution in [-0.4, -0.2) is 55.0 Å². The van der Waals surface area contributed by atoms with Gasteiger partial charge in [-0.2, -0.15) is 0 Å². The summed E-state index contributed by atoms with van der Waals surface area (Å²) in [7, 11) is 0. The quantitative estimate of drug-likeness (QED) is 0.878. The molecule has 2 rings (SSSR count). The fourth-order valence-electron chi connectivity index (χ4n) is 2.83. The van der Waals surface area contributed by atoms with Gasteiger partial charge in [-0.15, -0.1) is 0 Å². The van der Waals surface area contributed by atoms with Crippen molar-refractivity contribution in [1.29, 1.82) is 0 Å². The number of benzene rings is 1. The third-order valence-electron chi connectivity index (χ3n) is 4.39. The van der Waals surface area contributed by atoms with Crippen molar-refractivity contribution in [3.05, 3.63) is 29.3 Å². The highest BCUT2D eigenvalue weighted by atomic mass is 35.5. The molecule has 0 aromatic heterocycles. The molecule has 0 radical (unpaired) electrons. The van der Waals surface area contributed by atoms with Gasteiger partial charge in [-0.25, -0.2) is 0 Å². The SMILES string of the molecule is CC(C)(C)CCN1CCCN(C(=O)CNc2cccc(Cl)c2)CC1. The lowest BCUT2D eigenvalue weighted by Crippen LogP contribution is -2.38. The van der Waals surface area contributed by atoms with Gasteiger partial charge in [-0.1, -0.05) is 38.4 Å². The molecule has 134 valence electrons. The van der Waals surface area contributed by atoms with E-state index < -0.39 is 0 Å². The summed E-state index contributed by atoms with van der Waals surface area (Å²) in [6, 6.07) is 7.48. The summed E-state index contributed by atoms with van der Waals surface area (Å²) in [5.41, 5.74) is 1.25. The molecule has 1 aromatic rings. The maximum absolute atomic E-state index is 12.4. The van der Waals surface area contributed by atoms with Crippen molar-refractivity contribution in [2.75, 3.05) is 44.6 Å². The van der Waals surface area contributed by atoms with E-state index in [4.69, 9.17) is 11.6 Å². The second-order valence-corrected chi connectivity index (χ2v) is 8.19. The average Bonchev–Trinajstić information content (AvgIpc) is 2.76. The number of rotatable bonds is 5. The molecular formula is C19H30ClN3O. The fourth-order valence-corrected chi connectivity index (χ4v) is 3.02. The Morgan fingerprint density at radius 1 is 1.21 bits per heavy atom. The first-order valence-corrected chi connectivity index (χ1v) is 9.21. The Balaban J connectivity index is 1.77. The van der Waals surface area contributed by atoms with E-state index in [-0.39, 0.29) is 5.91 Å². The summed E-state index contributed by atoms with van der Waals surface area (Å²) >= 11 is 5.97. The van der Waals surface area contributed by atoms with Crippen LogP contribution in [0.2, 0.25) is 5.02 Å². The van der Waals surface area contributed by atoms with Gasteiger partial charge in [0.1, 0.15) is 0 Å². The highest BCUT2D eigenvalue weighted by molar-refractivity contribution is 6.30. The zero-order valence-electron chi connectivity index (χ0n) is 15.1. The van der Waals surface area contributed by atoms with Crippen molar-refractivity contribution in [1.82, 2.24) is 9.80 Å². The van der Waals surface area contributed by atoms with Gasteiger partial charge in [0.05, 0.1) is 6.54 Å². The number of amides is 1. The smallest absolute Gasteiger partial charge is 0.241 e. The molecule has 1 aromatic carbocycles. The monoisotopic (exact) mass is 351 g/mol. The molecule has 4 nitrogen and oxygen atoms in total. The molecule has 0 atom stereocenters. The third kappa shape index (κ3) is 6.70. The van der Waals surface area contributed by atoms with Crippen molar-refractivity contribution in [2.45, 2.75) is 33.6 Å². The van der Waals surface area contributed by atoms with E-state index in [2.05, 4.69) is 31.0 Å². The summed E-state index contributed by atoms with van der Waals surface area (Å²) in [5.74, 6) is 0.160. The van der Waals surface area contributed by atoms with Crippen LogP contribution in [-0.2, 0) is 4.79 Å². The van der Waals surface area contributed by atoms with Gasteiger partial charge in [-0.05, 0) is 49.5 Å². The van der Waals surface area contributed by atoms with Crippen LogP contribution in [0.3, 0.4) is 0 Å². The van der Waals surface area contributed by atoms with E-state index in [1.165, 1.54) is 6.42 Å². The molecule has 0 aliphatic carbocycles. The molecule has 1 fully saturated rings. The Morgan fingerprint density at radius 2 is 2.00 bits per heavy atom. The Hall–Kier alpha value is -1.26. The summed E-state index contributed by atoms with van der Waals surface area (Å²) in [6.45, 7) is 12.0. The van der Waals surface area contributed by atoms with E-state index in [0.717, 1.165) is 44.8 Å². The predicted molar refractivity (Wildman–Crippen MR) is 102 cm³/mol. The average molecular weight is 352 g/mol. The van der Waals surface area contributed by atoms with E-state index in [9.17, 15) is 4.79 Å². The molecule has 0 bridgehead atoms. The first kappa shape index (κ1) is 19.1. The minimum Gasteiger partial charge on any atom is -0.376 e. The number of carbonyl (C=O) groups is 1. The largest absolute Gasteiger partial charge is 0.376 e. The number of halogens is 1. The summed E-state index contributed by atoms with van der Waals surface area (Å²) in [4.78, 5) is 16.9. The van der Waals surface area contributed by atoms with Gasteiger partial charge in [0.15, 0.2) is 0 Å². The lowest BCUT2D eigenvalue weighted by atomic mass is 9.92. The van der Waals surface area contributed by atoms with Gasteiger partial charge in [0.25, 0.3) is 0 Å². The first-order valence-electron chi connectivity index (χ1n) is 8.83. The predicted octanol–water partition coefficient (Wildman–Crippen LogP) is 3.72. The van der Waals surface area contributed by atoms with Gasteiger partial charge in [0.2, 0.25) is 5.91 Å². The molecule has 0 spiro atoms. The van der Waals surface area contributed by atoms with Crippen LogP contribution in [0.1, 0.15) is 33.6 Å². The molecule has 1 heterocycles. The second-order valence-electron chi connectivity index (χ2n) is 7.75. The molecular weight excluding hydrogens is 322 g/mol. The Labute approximate surface area is 151 Å². The van der Waals surface area contributed by atoms with Gasteiger partial charge >= 0.3 is 0 Å². The first-order chi connectivity index (χ1) is 11.3. The number of carbonyl (C=O) groups excluding carboxylic acids is 1. The van der Waals surface area contributed by atoms with Crippen LogP contribution >= 0.6 is 11.6 Å². The van der Waals surface area contributed by atoms with E-state index in [1.54, 1.807) is 0 Å². The van der Waals surface area contributed by atoms with Crippen LogP contribution in [0.25, 0.3) is 0 Å². The van der Waals surface area contributed by atoms with Crippen molar-refractivity contribution in [2.24, 2.45) is 5.41 Å². The lowest BCUT2D eigenvalue weighted by Gasteiger charge is -2.26. The zero-order valence-corrected chi connectivity index (χ0v) is 15.9. The molecule has 5 heteroatoms. The number of anilines is 1. The summed E-state index contributed by atoms with van der Waals surface area (Å²) in [6.07, 6.45) is 2.24. The van der Waals surface area contributed by atoms with Crippen molar-refractivity contribution in [3.63, 3.8) is 0 Å². The number of nitrogens with one attached hydrogen (secondary N) is 1. The molecule has 24 heavy (non-hydrogen) atoms. The Kier molecular flexibility index (Phi) is 6.93. The zero-order chi connectivity index (χ0) is 17.6. The third-order valence-corrected chi connectivity index (χ3v) is 4.62. The van der Waals surface area contributed by atoms with Gasteiger partial charge < -0.3 is 15.1 Å². The van der Waals surface area contributed by atoms with E-state index >= 15 is 0 Å². The molecule has 0 unspecified atom stereocenters. The Morgan fingerprint density at radius 3 is 2.71 bits per heavy atom. The summed E-state index contributed by atoms with van der Waals surface area (Å²) in [5, 5.41) is 3.85. The molecule has 0 saturated carbocycles. The van der Waals surface area contributed by atoms with Crippen molar-refractivity contribution < 1.29 is 4.79 Å². The van der Waals surface area contributed by atoms with Crippen molar-refractivity contribution in [3.8, 4) is 0 Å². The van der Waals surface area contributed by atoms with Crippen LogP contribution in [0.15, 0.2) is 24.3 Å². The molecule has 1 aliphatic rings. The molecule has 1 N–H and O–H groups in total. The van der Waals surface area contributed by atoms with E-state index in [1.807, 2.05) is 29.2 Å². The fraction of sp³-hybridized carbons (Fsp3) is 0.632. The topological polar surface area (TPSA) is 35.6 Å². The van der Waals surface area contributed by atoms with Crippen LogP contribution < -0.4 is 5.32 Å². The normalized spacial score (nSPS) is 16.8. The van der Waals surface area contributed by atoms with E-state index in [0.29, 0.717) is 17.0 Å². The van der Waals surface area contributed by atoms with Crippen LogP contribution in [0.4, 0.5) is 5.69 Å². The highest BCUT2D eigenvalue weighted by Crippen LogP contribution is 2.19. The van der Waals surface area contributed by atoms with Crippen LogP contribution in [0, 0.1) is 5.41 Å². The standard InChI is InChI=1S/C19H30ClN3O/c1-19(2,3)8-11-22-9-5-10-23(13-12-22)18(24)15-21-17-7-4-6-16(20)14-17/h4,6-7,14,21H,5,8-13,15H2,1-3H3. The number of nitrogens with zero attached hydrogens (tertiary/aromatic N) is 2. The highest BCUT2D eigenvalue weighted by Gasteiger charge is 2.20. The lowest BCUT2D eigenvalue weighted by molar-refractivity contribution is -0.129. The molecule has 1 saturated heterocycles. The molecule has 1 aliphatic heterocycles. The van der Waals surface area contributed by atoms with Gasteiger partial charge in [0, 0.05) is 30.3 Å².